The van der Waals surface area contributed by atoms with Crippen LogP contribution in [0.2, 0.25) is 10.0 Å². The van der Waals surface area contributed by atoms with Crippen molar-refractivity contribution in [3.05, 3.63) is 105 Å². The van der Waals surface area contributed by atoms with Crippen LogP contribution in [0.3, 0.4) is 0 Å². The van der Waals surface area contributed by atoms with Crippen molar-refractivity contribution in [2.45, 2.75) is 6.54 Å². The van der Waals surface area contributed by atoms with Gasteiger partial charge in [-0.3, -0.25) is 4.79 Å². The molecule has 36 heavy (non-hydrogen) atoms. The number of carbonyl (C=O) groups excluding carboxylic acids is 1. The molecule has 0 atom stereocenters. The van der Waals surface area contributed by atoms with Crippen LogP contribution < -0.4 is 5.73 Å². The monoisotopic (exact) mass is 533 g/mol. The van der Waals surface area contributed by atoms with Crippen molar-refractivity contribution in [3.63, 3.8) is 0 Å². The van der Waals surface area contributed by atoms with Gasteiger partial charge in [0.05, 0.1) is 17.6 Å². The molecule has 10 heteroatoms. The fourth-order valence-electron chi connectivity index (χ4n) is 4.30. The van der Waals surface area contributed by atoms with Crippen LogP contribution in [0.25, 0.3) is 32.9 Å². The predicted octanol–water partition coefficient (Wildman–Crippen LogP) is 7.41. The Labute approximate surface area is 210 Å². The number of aromatic nitrogens is 1. The molecule has 5 rings (SSSR count). The van der Waals surface area contributed by atoms with E-state index in [1.165, 1.54) is 22.8 Å². The SMILES string of the molecule is NC(=O)c1cccc2c1c1[c]cc(-c3c(Cl)cccc3Cl)cc1n2Cc1c(F)c(F)c(F)c(F)c1F. The van der Waals surface area contributed by atoms with Crippen LogP contribution in [0, 0.1) is 35.2 Å². The maximum absolute atomic E-state index is 14.6. The molecule has 1 radical (unpaired) electrons. The number of nitrogens with zero attached hydrogens (tertiary/aromatic N) is 1. The first-order valence-electron chi connectivity index (χ1n) is 10.3. The molecule has 0 aliphatic carbocycles. The molecule has 0 saturated heterocycles. The zero-order valence-corrected chi connectivity index (χ0v) is 19.4. The van der Waals surface area contributed by atoms with Crippen molar-refractivity contribution in [2.75, 3.05) is 0 Å². The standard InChI is InChI=1S/C26H12Cl2F5N2O/c27-15-4-2-5-16(28)19(15)11-7-8-12-18(9-11)35(17-6-1-3-13(20(12)17)26(34)36)10-14-21(29)23(31)25(33)24(32)22(14)30/h1-7,9H,10H2,(H2,34,36). The lowest BCUT2D eigenvalue weighted by atomic mass is 10.0. The Balaban J connectivity index is 1.87. The van der Waals surface area contributed by atoms with E-state index in [9.17, 15) is 26.7 Å². The molecule has 0 unspecified atom stereocenters. The number of amides is 1. The Morgan fingerprint density at radius 3 is 2.06 bits per heavy atom. The van der Waals surface area contributed by atoms with E-state index >= 15 is 0 Å². The highest BCUT2D eigenvalue weighted by molar-refractivity contribution is 6.39. The third kappa shape index (κ3) is 3.60. The molecule has 181 valence electrons. The Morgan fingerprint density at radius 1 is 0.861 bits per heavy atom. The zero-order valence-electron chi connectivity index (χ0n) is 17.9. The van der Waals surface area contributed by atoms with Crippen molar-refractivity contribution in [2.24, 2.45) is 5.73 Å². The van der Waals surface area contributed by atoms with E-state index < -0.39 is 47.1 Å². The molecular formula is C26H12Cl2F5N2O. The number of fused-ring (bicyclic) bond motifs is 3. The summed E-state index contributed by atoms with van der Waals surface area (Å²) in [6.45, 7) is -0.748. The van der Waals surface area contributed by atoms with Gasteiger partial charge in [0.15, 0.2) is 23.3 Å². The van der Waals surface area contributed by atoms with Crippen molar-refractivity contribution in [3.8, 4) is 11.1 Å². The summed E-state index contributed by atoms with van der Waals surface area (Å²) in [5.74, 6) is -11.1. The van der Waals surface area contributed by atoms with Crippen LogP contribution in [0.15, 0.2) is 48.5 Å². The first-order valence-corrected chi connectivity index (χ1v) is 11.1. The zero-order chi connectivity index (χ0) is 25.9. The van der Waals surface area contributed by atoms with Crippen LogP contribution in [-0.4, -0.2) is 10.5 Å². The molecule has 0 fully saturated rings. The van der Waals surface area contributed by atoms with Gasteiger partial charge < -0.3 is 10.3 Å². The van der Waals surface area contributed by atoms with Crippen LogP contribution in [-0.2, 0) is 6.54 Å². The highest BCUT2D eigenvalue weighted by atomic mass is 35.5. The predicted molar refractivity (Wildman–Crippen MR) is 128 cm³/mol. The fraction of sp³-hybridized carbons (Fsp3) is 0.0385. The van der Waals surface area contributed by atoms with Crippen LogP contribution in [0.1, 0.15) is 15.9 Å². The minimum Gasteiger partial charge on any atom is -0.366 e. The van der Waals surface area contributed by atoms with Gasteiger partial charge in [0.25, 0.3) is 0 Å². The third-order valence-electron chi connectivity index (χ3n) is 5.93. The molecule has 0 bridgehead atoms. The van der Waals surface area contributed by atoms with Crippen LogP contribution in [0.5, 0.6) is 0 Å². The number of carbonyl (C=O) groups is 1. The van der Waals surface area contributed by atoms with Gasteiger partial charge in [0, 0.05) is 37.5 Å². The highest BCUT2D eigenvalue weighted by Gasteiger charge is 2.27. The second-order valence-corrected chi connectivity index (χ2v) is 8.76. The van der Waals surface area contributed by atoms with Gasteiger partial charge in [-0.15, -0.1) is 0 Å². The number of nitrogens with two attached hydrogens (primary N) is 1. The van der Waals surface area contributed by atoms with E-state index in [0.717, 1.165) is 0 Å². The van der Waals surface area contributed by atoms with E-state index in [2.05, 4.69) is 6.07 Å². The average molecular weight is 534 g/mol. The van der Waals surface area contributed by atoms with E-state index in [-0.39, 0.29) is 16.6 Å². The molecule has 5 aromatic rings. The lowest BCUT2D eigenvalue weighted by Crippen LogP contribution is -2.12. The summed E-state index contributed by atoms with van der Waals surface area (Å²) in [6, 6.07) is 15.5. The topological polar surface area (TPSA) is 48.0 Å². The molecule has 1 aromatic heterocycles. The molecule has 0 saturated carbocycles. The summed E-state index contributed by atoms with van der Waals surface area (Å²) in [5, 5.41) is 1.28. The van der Waals surface area contributed by atoms with E-state index in [4.69, 9.17) is 28.9 Å². The summed E-state index contributed by atoms with van der Waals surface area (Å²) in [4.78, 5) is 12.1. The number of hydrogen-bond donors (Lipinski definition) is 1. The maximum atomic E-state index is 14.6. The van der Waals surface area contributed by atoms with Crippen LogP contribution >= 0.6 is 23.2 Å². The van der Waals surface area contributed by atoms with Gasteiger partial charge >= 0.3 is 0 Å². The Hall–Kier alpha value is -3.62. The molecule has 0 spiro atoms. The third-order valence-corrected chi connectivity index (χ3v) is 6.56. The largest absolute Gasteiger partial charge is 0.366 e. The quantitative estimate of drug-likeness (QED) is 0.146. The first-order chi connectivity index (χ1) is 17.1. The first kappa shape index (κ1) is 24.1. The highest BCUT2D eigenvalue weighted by Crippen LogP contribution is 2.39. The van der Waals surface area contributed by atoms with Gasteiger partial charge in [-0.1, -0.05) is 35.3 Å². The summed E-state index contributed by atoms with van der Waals surface area (Å²) in [6.07, 6.45) is 0. The summed E-state index contributed by atoms with van der Waals surface area (Å²) < 4.78 is 72.0. The Kier molecular flexibility index (Phi) is 5.89. The van der Waals surface area contributed by atoms with Gasteiger partial charge in [0.2, 0.25) is 11.7 Å². The second kappa shape index (κ2) is 8.80. The van der Waals surface area contributed by atoms with Crippen molar-refractivity contribution in [1.82, 2.24) is 4.57 Å². The molecular weight excluding hydrogens is 522 g/mol. The van der Waals surface area contributed by atoms with Gasteiger partial charge in [-0.25, -0.2) is 22.0 Å². The Morgan fingerprint density at radius 2 is 1.44 bits per heavy atom. The minimum atomic E-state index is -2.25. The smallest absolute Gasteiger partial charge is 0.249 e. The molecule has 1 amide bonds. The van der Waals surface area contributed by atoms with Crippen molar-refractivity contribution < 1.29 is 26.7 Å². The minimum absolute atomic E-state index is 0.0911. The number of halogens is 7. The molecule has 4 aromatic carbocycles. The summed E-state index contributed by atoms with van der Waals surface area (Å²) >= 11 is 12.7. The van der Waals surface area contributed by atoms with Gasteiger partial charge in [-0.2, -0.15) is 0 Å². The number of rotatable bonds is 4. The second-order valence-electron chi connectivity index (χ2n) is 7.94. The van der Waals surface area contributed by atoms with Gasteiger partial charge in [-0.05, 0) is 48.0 Å². The lowest BCUT2D eigenvalue weighted by Gasteiger charge is -2.13. The summed E-state index contributed by atoms with van der Waals surface area (Å²) in [7, 11) is 0. The maximum Gasteiger partial charge on any atom is 0.249 e. The molecule has 0 aliphatic rings. The molecule has 0 aliphatic heterocycles. The normalized spacial score (nSPS) is 11.5. The number of benzene rings is 4. The van der Waals surface area contributed by atoms with E-state index in [1.807, 2.05) is 0 Å². The van der Waals surface area contributed by atoms with Crippen LogP contribution in [0.4, 0.5) is 22.0 Å². The van der Waals surface area contributed by atoms with E-state index in [0.29, 0.717) is 31.9 Å². The molecule has 3 nitrogen and oxygen atoms in total. The van der Waals surface area contributed by atoms with Crippen molar-refractivity contribution >= 4 is 50.9 Å². The van der Waals surface area contributed by atoms with E-state index in [1.54, 1.807) is 30.3 Å². The number of hydrogen-bond acceptors (Lipinski definition) is 1. The lowest BCUT2D eigenvalue weighted by molar-refractivity contribution is 0.100. The Bertz CT molecular complexity index is 1680. The number of primary amides is 1. The average Bonchev–Trinajstić information content (AvgIpc) is 3.17. The fourth-order valence-corrected chi connectivity index (χ4v) is 4.91. The van der Waals surface area contributed by atoms with Gasteiger partial charge in [0.1, 0.15) is 0 Å². The molecule has 1 heterocycles. The molecule has 2 N–H and O–H groups in total. The van der Waals surface area contributed by atoms with Crippen molar-refractivity contribution in [1.29, 1.82) is 0 Å². The summed E-state index contributed by atoms with van der Waals surface area (Å²) in [5.41, 5.74) is 6.05.